The molecule has 0 aliphatic carbocycles. The van der Waals surface area contributed by atoms with E-state index in [-0.39, 0.29) is 55.9 Å². The molecule has 5 aromatic rings. The van der Waals surface area contributed by atoms with Gasteiger partial charge in [-0.1, -0.05) is 98.2 Å². The van der Waals surface area contributed by atoms with Crippen molar-refractivity contribution in [2.75, 3.05) is 67.3 Å². The number of ether oxygens (including phenoxy) is 4. The Labute approximate surface area is 626 Å². The molecule has 10 rings (SSSR count). The highest BCUT2D eigenvalue weighted by molar-refractivity contribution is 7.89. The zero-order valence-corrected chi connectivity index (χ0v) is 68.2. The average Bonchev–Trinajstić information content (AvgIpc) is 1.46. The molecule has 103 heavy (non-hydrogen) atoms. The van der Waals surface area contributed by atoms with Gasteiger partial charge in [0.15, 0.2) is 34.1 Å². The van der Waals surface area contributed by atoms with Gasteiger partial charge >= 0.3 is 6.09 Å². The van der Waals surface area contributed by atoms with Crippen molar-refractivity contribution in [1.82, 2.24) is 43.0 Å². The van der Waals surface area contributed by atoms with Crippen LogP contribution in [0.4, 0.5) is 4.79 Å². The first-order valence-corrected chi connectivity index (χ1v) is 46.2. The van der Waals surface area contributed by atoms with Gasteiger partial charge in [0.2, 0.25) is 42.9 Å². The Bertz CT molecular complexity index is 3790. The number of hydrogen-bond acceptors (Lipinski definition) is 22. The monoisotopic (exact) mass is 1590 g/mol. The number of oxime groups is 1. The summed E-state index contributed by atoms with van der Waals surface area (Å²) >= 11 is 17.9. The van der Waals surface area contributed by atoms with Crippen LogP contribution in [-0.2, 0) is 57.9 Å². The standard InChI is InChI=1S/C25H34ClN5O5S.C20H30ClN3O4SSi.C19H32ClN3O4SSi.C4H10O3/c26-19-7-9-22(10-8-19)37(33,34)31-21(5-4-6-23(31)24-27-18-36-28-24)17-35-25(32)30-15-11-20(12-16-30)29-13-2-1-3-14-29;1-20(2,3)30(4,5)28-13-16-7-6-8-18(19-22-14-27-23-19)24(16)29(25,26)17-11-9-15(21)10-12-17;1-19(2,3)29(4,5)27-13-15-7-6-8-17(18(21)22-24)23(15)28(25,26)16-11-9-14(20)10-12-16;1-5-4(6-2)7-3/h7-10,18,20-21,23H,1-6,11-17H2;9-12,14,16,18H,6-8,13H2,1-5H3;9-12,15,17,24H,6-8,13H2,1-5H3,(H2,21,22);4H,1-3H3. The fourth-order valence-electron chi connectivity index (χ4n) is 12.7. The summed E-state index contributed by atoms with van der Waals surface area (Å²) in [6.45, 7) is 25.2. The van der Waals surface area contributed by atoms with Gasteiger partial charge in [-0.2, -0.15) is 22.9 Å². The van der Waals surface area contributed by atoms with E-state index in [0.29, 0.717) is 84.6 Å². The van der Waals surface area contributed by atoms with Gasteiger partial charge in [0, 0.05) is 67.6 Å². The van der Waals surface area contributed by atoms with Gasteiger partial charge in [0.1, 0.15) is 6.61 Å². The summed E-state index contributed by atoms with van der Waals surface area (Å²) in [7, 11) is -11.2. The molecule has 5 saturated heterocycles. The van der Waals surface area contributed by atoms with Gasteiger partial charge in [-0.25, -0.2) is 30.0 Å². The van der Waals surface area contributed by atoms with E-state index < -0.39 is 83.4 Å². The van der Waals surface area contributed by atoms with E-state index in [1.165, 1.54) is 115 Å². The molecule has 6 unspecified atom stereocenters. The molecular weight excluding hydrogens is 1490 g/mol. The van der Waals surface area contributed by atoms with Crippen LogP contribution in [0.2, 0.25) is 51.3 Å². The first kappa shape index (κ1) is 85.5. The summed E-state index contributed by atoms with van der Waals surface area (Å²) < 4.78 is 128. The number of benzene rings is 3. The molecule has 7 heterocycles. The molecule has 6 atom stereocenters. The largest absolute Gasteiger partial charge is 0.448 e. The fraction of sp³-hybridized carbons (Fsp3) is 0.647. The number of amidine groups is 1. The molecule has 5 fully saturated rings. The van der Waals surface area contributed by atoms with E-state index in [0.717, 1.165) is 51.6 Å². The van der Waals surface area contributed by atoms with Crippen molar-refractivity contribution in [3.05, 3.63) is 112 Å². The van der Waals surface area contributed by atoms with Crippen molar-refractivity contribution in [3.8, 4) is 0 Å². The van der Waals surface area contributed by atoms with Gasteiger partial charge < -0.3 is 57.6 Å². The lowest BCUT2D eigenvalue weighted by molar-refractivity contribution is -0.252. The molecular formula is C68H106Cl3N11O16S3Si2. The number of nitrogens with two attached hydrogens (primary N) is 1. The van der Waals surface area contributed by atoms with Crippen LogP contribution in [0.3, 0.4) is 0 Å². The molecule has 5 aliphatic heterocycles. The Kier molecular flexibility index (Phi) is 31.5. The Hall–Kier alpha value is -4.73. The molecule has 27 nitrogen and oxygen atoms in total. The number of piperidine rings is 5. The summed E-state index contributed by atoms with van der Waals surface area (Å²) in [5, 5.41) is 21.6. The summed E-state index contributed by atoms with van der Waals surface area (Å²) in [6, 6.07) is 15.8. The number of aromatic nitrogens is 4. The van der Waals surface area contributed by atoms with Crippen molar-refractivity contribution < 1.29 is 72.1 Å². The van der Waals surface area contributed by atoms with Crippen molar-refractivity contribution in [3.63, 3.8) is 0 Å². The molecule has 5 aliphatic rings. The quantitative estimate of drug-likeness (QED) is 0.0172. The van der Waals surface area contributed by atoms with E-state index in [9.17, 15) is 35.3 Å². The minimum Gasteiger partial charge on any atom is -0.448 e. The van der Waals surface area contributed by atoms with Crippen LogP contribution in [0.25, 0.3) is 0 Å². The van der Waals surface area contributed by atoms with Crippen LogP contribution in [0.15, 0.2) is 114 Å². The highest BCUT2D eigenvalue weighted by atomic mass is 35.5. The average molecular weight is 1590 g/mol. The maximum atomic E-state index is 13.8. The molecule has 0 radical (unpaired) electrons. The maximum Gasteiger partial charge on any atom is 0.409 e. The Morgan fingerprint density at radius 1 is 0.553 bits per heavy atom. The predicted molar refractivity (Wildman–Crippen MR) is 398 cm³/mol. The molecule has 3 N–H and O–H groups in total. The number of methoxy groups -OCH3 is 3. The summed E-state index contributed by atoms with van der Waals surface area (Å²) in [5.41, 5.74) is 5.89. The normalized spacial score (nSPS) is 22.3. The molecule has 35 heteroatoms. The highest BCUT2D eigenvalue weighted by Gasteiger charge is 2.48. The molecule has 0 saturated carbocycles. The van der Waals surface area contributed by atoms with Crippen LogP contribution in [0, 0.1) is 0 Å². The number of sulfonamides is 3. The van der Waals surface area contributed by atoms with Crippen molar-refractivity contribution >= 4 is 93.4 Å². The van der Waals surface area contributed by atoms with Crippen LogP contribution >= 0.6 is 34.8 Å². The molecule has 3 aromatic carbocycles. The third-order valence-electron chi connectivity index (χ3n) is 20.5. The smallest absolute Gasteiger partial charge is 0.409 e. The van der Waals surface area contributed by atoms with Crippen LogP contribution in [0.1, 0.15) is 155 Å². The van der Waals surface area contributed by atoms with Crippen LogP contribution < -0.4 is 5.73 Å². The van der Waals surface area contributed by atoms with Crippen molar-refractivity contribution in [1.29, 1.82) is 0 Å². The lowest BCUT2D eigenvalue weighted by Crippen LogP contribution is -2.57. The highest BCUT2D eigenvalue weighted by Crippen LogP contribution is 2.43. The Balaban J connectivity index is 0.000000208. The van der Waals surface area contributed by atoms with Crippen molar-refractivity contribution in [2.24, 2.45) is 10.9 Å². The predicted octanol–water partition coefficient (Wildman–Crippen LogP) is 13.4. The molecule has 1 amide bonds. The van der Waals surface area contributed by atoms with E-state index >= 15 is 0 Å². The lowest BCUT2D eigenvalue weighted by atomic mass is 9.98. The topological polar surface area (TPSA) is 328 Å². The third-order valence-corrected chi connectivity index (χ3v) is 36.2. The second-order valence-corrected chi connectivity index (χ2v) is 45.8. The van der Waals surface area contributed by atoms with Crippen LogP contribution in [0.5, 0.6) is 0 Å². The van der Waals surface area contributed by atoms with E-state index in [2.05, 4.69) is 112 Å². The molecule has 576 valence electrons. The van der Waals surface area contributed by atoms with E-state index in [1.54, 1.807) is 29.2 Å². The number of hydrogen-bond donors (Lipinski definition) is 2. The number of rotatable bonds is 21. The van der Waals surface area contributed by atoms with Gasteiger partial charge in [-0.05, 0) is 206 Å². The molecule has 0 spiro atoms. The number of halogens is 3. The minimum absolute atomic E-state index is 0.00649. The zero-order chi connectivity index (χ0) is 75.7. The van der Waals surface area contributed by atoms with Gasteiger partial charge in [0.05, 0.1) is 52.1 Å². The van der Waals surface area contributed by atoms with Gasteiger partial charge in [0.25, 0.3) is 6.48 Å². The van der Waals surface area contributed by atoms with Gasteiger partial charge in [-0.15, -0.1) is 0 Å². The number of amides is 1. The molecule has 2 aromatic heterocycles. The van der Waals surface area contributed by atoms with Crippen molar-refractivity contribution in [2.45, 2.75) is 231 Å². The summed E-state index contributed by atoms with van der Waals surface area (Å²) in [5.74, 6) is 0.567. The zero-order valence-electron chi connectivity index (χ0n) is 61.5. The Morgan fingerprint density at radius 3 is 1.27 bits per heavy atom. The minimum atomic E-state index is -3.95. The Morgan fingerprint density at radius 2 is 0.922 bits per heavy atom. The number of nitrogens with zero attached hydrogens (tertiary/aromatic N) is 10. The first-order valence-electron chi connectivity index (χ1n) is 34.9. The lowest BCUT2D eigenvalue weighted by Gasteiger charge is -2.43. The first-order chi connectivity index (χ1) is 48.5. The fourth-order valence-corrected chi connectivity index (χ4v) is 20.6. The van der Waals surface area contributed by atoms with Crippen LogP contribution in [-0.4, -0.2) is 206 Å². The van der Waals surface area contributed by atoms with E-state index in [1.807, 2.05) is 0 Å². The summed E-state index contributed by atoms with van der Waals surface area (Å²) in [6.07, 6.45) is 13.7. The second kappa shape index (κ2) is 37.9. The number of carbonyl (C=O) groups excluding carboxylic acids is 1. The van der Waals surface area contributed by atoms with Gasteiger partial charge in [-0.3, -0.25) is 0 Å². The summed E-state index contributed by atoms with van der Waals surface area (Å²) in [4.78, 5) is 26.0. The number of likely N-dealkylation sites (tertiary alicyclic amines) is 2. The van der Waals surface area contributed by atoms with E-state index in [4.69, 9.17) is 63.2 Å². The SMILES string of the molecule is CC(C)(C)[Si](C)(C)OCC1CCCC(/C(N)=N/O)N1S(=O)(=O)c1ccc(Cl)cc1.CC(C)(C)[Si](C)(C)OCC1CCCC(c2ncon2)N1S(=O)(=O)c1ccc(Cl)cc1.COC(OC)OC.O=C(OCC1CCCC(c2ncon2)N1S(=O)(=O)c1ccc(Cl)cc1)N1CCC(N2CCCCC2)CC1. The second-order valence-electron chi connectivity index (χ2n) is 29.3. The molecule has 0 bridgehead atoms. The third kappa shape index (κ3) is 22.5. The maximum absolute atomic E-state index is 13.8. The number of carbonyl (C=O) groups is 1.